The third kappa shape index (κ3) is 2.58. The average molecular weight is 322 g/mol. The van der Waals surface area contributed by atoms with Gasteiger partial charge in [-0.25, -0.2) is 18.3 Å². The number of aryl methyl sites for hydroxylation is 1. The van der Waals surface area contributed by atoms with Crippen LogP contribution >= 0.6 is 0 Å². The van der Waals surface area contributed by atoms with Crippen molar-refractivity contribution < 1.29 is 18.3 Å². The van der Waals surface area contributed by atoms with Gasteiger partial charge in [-0.2, -0.15) is 5.10 Å². The van der Waals surface area contributed by atoms with E-state index in [0.29, 0.717) is 0 Å². The molecule has 3 aromatic heterocycles. The van der Waals surface area contributed by atoms with Crippen LogP contribution in [-0.2, 0) is 7.05 Å². The highest BCUT2D eigenvalue weighted by Gasteiger charge is 2.25. The van der Waals surface area contributed by atoms with E-state index in [2.05, 4.69) is 20.5 Å². The Labute approximate surface area is 128 Å². The number of hydrogen-bond acceptors (Lipinski definition) is 5. The Morgan fingerprint density at radius 1 is 1.39 bits per heavy atom. The number of aromatic nitrogens is 5. The summed E-state index contributed by atoms with van der Waals surface area (Å²) < 4.78 is 33.5. The van der Waals surface area contributed by atoms with Crippen LogP contribution < -0.4 is 10.1 Å². The van der Waals surface area contributed by atoms with Crippen LogP contribution in [0.5, 0.6) is 5.88 Å². The number of anilines is 1. The van der Waals surface area contributed by atoms with Crippen molar-refractivity contribution in [3.8, 4) is 5.88 Å². The summed E-state index contributed by atoms with van der Waals surface area (Å²) in [6.45, 7) is 0. The number of methoxy groups -OCH3 is 1. The SMILES string of the molecule is COc1nn2cccnc2c1C(=O)Nc1cn(C)nc1C(F)F. The van der Waals surface area contributed by atoms with Crippen LogP contribution in [-0.4, -0.2) is 37.4 Å². The van der Waals surface area contributed by atoms with Crippen molar-refractivity contribution in [2.75, 3.05) is 12.4 Å². The van der Waals surface area contributed by atoms with Crippen LogP contribution in [0.3, 0.4) is 0 Å². The van der Waals surface area contributed by atoms with Crippen LogP contribution in [0.1, 0.15) is 22.5 Å². The number of amides is 1. The second kappa shape index (κ2) is 5.63. The molecule has 8 nitrogen and oxygen atoms in total. The monoisotopic (exact) mass is 322 g/mol. The zero-order valence-corrected chi connectivity index (χ0v) is 12.2. The highest BCUT2D eigenvalue weighted by atomic mass is 19.3. The molecule has 1 N–H and O–H groups in total. The van der Waals surface area contributed by atoms with Gasteiger partial charge in [0.2, 0.25) is 5.88 Å². The minimum absolute atomic E-state index is 0.0451. The summed E-state index contributed by atoms with van der Waals surface area (Å²) in [5.74, 6) is -0.617. The van der Waals surface area contributed by atoms with Crippen LogP contribution in [0.2, 0.25) is 0 Å². The first-order valence-electron chi connectivity index (χ1n) is 6.51. The number of halogens is 2. The molecule has 0 aliphatic carbocycles. The molecular formula is C13H12F2N6O2. The van der Waals surface area contributed by atoms with E-state index in [1.165, 1.54) is 35.7 Å². The number of rotatable bonds is 4. The normalized spacial score (nSPS) is 11.2. The fourth-order valence-electron chi connectivity index (χ4n) is 2.16. The second-order valence-corrected chi connectivity index (χ2v) is 4.63. The Hall–Kier alpha value is -3.04. The maximum atomic E-state index is 13.0. The average Bonchev–Trinajstić information content (AvgIpc) is 3.07. The third-order valence-electron chi connectivity index (χ3n) is 3.10. The number of ether oxygens (including phenoxy) is 1. The summed E-state index contributed by atoms with van der Waals surface area (Å²) in [7, 11) is 2.84. The lowest BCUT2D eigenvalue weighted by molar-refractivity contribution is 0.102. The van der Waals surface area contributed by atoms with Crippen molar-refractivity contribution in [3.63, 3.8) is 0 Å². The standard InChI is InChI=1S/C13H12F2N6O2/c1-20-6-7(9(18-20)10(14)15)17-12(22)8-11-16-4-3-5-21(11)19-13(8)23-2/h3-6,10H,1-2H3,(H,17,22). The number of hydrogen-bond donors (Lipinski definition) is 1. The Morgan fingerprint density at radius 2 is 2.17 bits per heavy atom. The summed E-state index contributed by atoms with van der Waals surface area (Å²) in [6.07, 6.45) is 1.57. The van der Waals surface area contributed by atoms with Crippen LogP contribution in [0, 0.1) is 0 Å². The predicted octanol–water partition coefficient (Wildman–Crippen LogP) is 1.66. The van der Waals surface area contributed by atoms with Gasteiger partial charge in [0, 0.05) is 25.6 Å². The minimum atomic E-state index is -2.81. The van der Waals surface area contributed by atoms with Gasteiger partial charge in [0.25, 0.3) is 12.3 Å². The molecule has 0 saturated heterocycles. The van der Waals surface area contributed by atoms with Gasteiger partial charge in [0.1, 0.15) is 5.56 Å². The van der Waals surface area contributed by atoms with E-state index in [9.17, 15) is 13.6 Å². The molecule has 0 unspecified atom stereocenters. The number of carbonyl (C=O) groups excluding carboxylic acids is 1. The maximum absolute atomic E-state index is 13.0. The summed E-state index contributed by atoms with van der Waals surface area (Å²) in [4.78, 5) is 16.6. The molecule has 3 heterocycles. The van der Waals surface area contributed by atoms with Gasteiger partial charge in [0.05, 0.1) is 12.8 Å². The van der Waals surface area contributed by atoms with E-state index >= 15 is 0 Å². The molecule has 3 rings (SSSR count). The number of nitrogens with one attached hydrogen (secondary N) is 1. The largest absolute Gasteiger partial charge is 0.479 e. The van der Waals surface area contributed by atoms with Crippen LogP contribution in [0.25, 0.3) is 5.65 Å². The summed E-state index contributed by atoms with van der Waals surface area (Å²) in [5, 5.41) is 10.1. The van der Waals surface area contributed by atoms with Gasteiger partial charge < -0.3 is 10.1 Å². The van der Waals surface area contributed by atoms with E-state index in [-0.39, 0.29) is 22.8 Å². The molecule has 0 saturated carbocycles. The first-order valence-corrected chi connectivity index (χ1v) is 6.51. The van der Waals surface area contributed by atoms with Crippen molar-refractivity contribution in [3.05, 3.63) is 35.9 Å². The predicted molar refractivity (Wildman–Crippen MR) is 75.7 cm³/mol. The molecule has 0 radical (unpaired) electrons. The molecule has 1 amide bonds. The van der Waals surface area contributed by atoms with Crippen molar-refractivity contribution in [1.29, 1.82) is 0 Å². The number of nitrogens with zero attached hydrogens (tertiary/aromatic N) is 5. The Kier molecular flexibility index (Phi) is 3.64. The van der Waals surface area contributed by atoms with Gasteiger partial charge in [-0.3, -0.25) is 9.48 Å². The van der Waals surface area contributed by atoms with Gasteiger partial charge in [-0.1, -0.05) is 0 Å². The van der Waals surface area contributed by atoms with E-state index in [1.54, 1.807) is 12.3 Å². The van der Waals surface area contributed by atoms with Gasteiger partial charge in [-0.05, 0) is 6.07 Å². The van der Waals surface area contributed by atoms with Gasteiger partial charge in [0.15, 0.2) is 11.3 Å². The quantitative estimate of drug-likeness (QED) is 0.789. The molecule has 0 fully saturated rings. The lowest BCUT2D eigenvalue weighted by Crippen LogP contribution is -2.14. The molecule has 0 spiro atoms. The molecule has 0 atom stereocenters. The first-order chi connectivity index (χ1) is 11.0. The van der Waals surface area contributed by atoms with Crippen LogP contribution in [0.4, 0.5) is 14.5 Å². The topological polar surface area (TPSA) is 86.3 Å². The summed E-state index contributed by atoms with van der Waals surface area (Å²) in [6, 6.07) is 1.64. The number of alkyl halides is 2. The van der Waals surface area contributed by atoms with Crippen molar-refractivity contribution in [2.45, 2.75) is 6.43 Å². The number of carbonyl (C=O) groups is 1. The Balaban J connectivity index is 2.01. The molecule has 0 aromatic carbocycles. The fraction of sp³-hybridized carbons (Fsp3) is 0.231. The molecule has 3 aromatic rings. The third-order valence-corrected chi connectivity index (χ3v) is 3.10. The van der Waals surface area contributed by atoms with Crippen molar-refractivity contribution in [1.82, 2.24) is 24.4 Å². The summed E-state index contributed by atoms with van der Waals surface area (Å²) in [5.41, 5.74) is -0.282. The highest BCUT2D eigenvalue weighted by molar-refractivity contribution is 6.10. The van der Waals surface area contributed by atoms with Crippen LogP contribution in [0.15, 0.2) is 24.7 Å². The molecule has 23 heavy (non-hydrogen) atoms. The lowest BCUT2D eigenvalue weighted by atomic mass is 10.2. The van der Waals surface area contributed by atoms with Gasteiger partial charge >= 0.3 is 0 Å². The van der Waals surface area contributed by atoms with Crippen molar-refractivity contribution >= 4 is 17.2 Å². The first kappa shape index (κ1) is 14.9. The molecular weight excluding hydrogens is 310 g/mol. The minimum Gasteiger partial charge on any atom is -0.479 e. The summed E-state index contributed by atoms with van der Waals surface area (Å²) >= 11 is 0. The number of fused-ring (bicyclic) bond motifs is 1. The Bertz CT molecular complexity index is 873. The molecule has 10 heteroatoms. The molecule has 0 bridgehead atoms. The molecule has 0 aliphatic rings. The van der Waals surface area contributed by atoms with E-state index in [1.807, 2.05) is 0 Å². The molecule has 0 aliphatic heterocycles. The maximum Gasteiger partial charge on any atom is 0.284 e. The zero-order valence-electron chi connectivity index (χ0n) is 12.2. The van der Waals surface area contributed by atoms with E-state index in [4.69, 9.17) is 4.74 Å². The second-order valence-electron chi connectivity index (χ2n) is 4.63. The highest BCUT2D eigenvalue weighted by Crippen LogP contribution is 2.27. The Morgan fingerprint density at radius 3 is 2.87 bits per heavy atom. The zero-order chi connectivity index (χ0) is 16.6. The smallest absolute Gasteiger partial charge is 0.284 e. The van der Waals surface area contributed by atoms with Gasteiger partial charge in [-0.15, -0.1) is 5.10 Å². The fourth-order valence-corrected chi connectivity index (χ4v) is 2.16. The van der Waals surface area contributed by atoms with E-state index in [0.717, 1.165) is 0 Å². The van der Waals surface area contributed by atoms with E-state index < -0.39 is 18.0 Å². The molecule has 120 valence electrons. The van der Waals surface area contributed by atoms with Crippen molar-refractivity contribution in [2.24, 2.45) is 7.05 Å². The lowest BCUT2D eigenvalue weighted by Gasteiger charge is -2.04.